The summed E-state index contributed by atoms with van der Waals surface area (Å²) >= 11 is 0. The molecule has 0 aliphatic heterocycles. The van der Waals surface area contributed by atoms with Crippen molar-refractivity contribution in [1.29, 1.82) is 0 Å². The van der Waals surface area contributed by atoms with Gasteiger partial charge in [-0.05, 0) is 62.4 Å². The molecule has 0 atom stereocenters. The van der Waals surface area contributed by atoms with Crippen LogP contribution in [-0.2, 0) is 14.3 Å². The summed E-state index contributed by atoms with van der Waals surface area (Å²) in [5.74, 6) is -1.64. The fourth-order valence-corrected chi connectivity index (χ4v) is 3.28. The van der Waals surface area contributed by atoms with E-state index >= 15 is 0 Å². The smallest absolute Gasteiger partial charge is 0.331 e. The van der Waals surface area contributed by atoms with Crippen LogP contribution in [0.4, 0.5) is 4.39 Å². The average molecular weight is 496 g/mol. The van der Waals surface area contributed by atoms with E-state index in [-0.39, 0.29) is 11.4 Å². The highest BCUT2D eigenvalue weighted by atomic mass is 19.1. The predicted molar refractivity (Wildman–Crippen MR) is 128 cm³/mol. The maximum Gasteiger partial charge on any atom is 0.331 e. The number of nitrogens with one attached hydrogen (secondary N) is 2. The normalized spacial score (nSPS) is 10.7. The summed E-state index contributed by atoms with van der Waals surface area (Å²) in [4.78, 5) is 36.3. The molecular formula is C25H25FN4O6. The topological polar surface area (TPSA) is 121 Å². The molecule has 10 nitrogen and oxygen atoms in total. The molecular weight excluding hydrogens is 471 g/mol. The van der Waals surface area contributed by atoms with Crippen LogP contribution in [0.3, 0.4) is 0 Å². The van der Waals surface area contributed by atoms with E-state index in [1.807, 2.05) is 6.92 Å². The Morgan fingerprint density at radius 2 is 1.69 bits per heavy atom. The van der Waals surface area contributed by atoms with Crippen LogP contribution in [0.5, 0.6) is 11.5 Å². The van der Waals surface area contributed by atoms with Crippen LogP contribution in [0.25, 0.3) is 11.8 Å². The molecule has 1 heterocycles. The van der Waals surface area contributed by atoms with Gasteiger partial charge in [0.15, 0.2) is 18.1 Å². The van der Waals surface area contributed by atoms with Gasteiger partial charge in [-0.1, -0.05) is 0 Å². The number of hydrazine groups is 1. The number of methoxy groups -OCH3 is 2. The van der Waals surface area contributed by atoms with Crippen LogP contribution < -0.4 is 20.3 Å². The van der Waals surface area contributed by atoms with Crippen LogP contribution >= 0.6 is 0 Å². The molecule has 0 fully saturated rings. The van der Waals surface area contributed by atoms with Crippen LogP contribution in [0.15, 0.2) is 48.5 Å². The molecule has 36 heavy (non-hydrogen) atoms. The second-order valence-electron chi connectivity index (χ2n) is 7.49. The monoisotopic (exact) mass is 496 g/mol. The van der Waals surface area contributed by atoms with Crippen LogP contribution in [0.2, 0.25) is 0 Å². The largest absolute Gasteiger partial charge is 0.493 e. The van der Waals surface area contributed by atoms with Crippen LogP contribution in [0.1, 0.15) is 27.3 Å². The number of hydrogen-bond donors (Lipinski definition) is 2. The standard InChI is InChI=1S/C25H25FN4O6/c1-15-20(16(2)30(29-15)19-8-6-18(26)7-9-19)10-12-24(32)36-14-23(31)27-28-25(33)17-5-11-21(34-3)22(13-17)35-4/h5-13H,14H2,1-4H3,(H,27,31)(H,28,33)/b12-10+. The zero-order chi connectivity index (χ0) is 26.2. The number of benzene rings is 2. The number of carbonyl (C=O) groups is 3. The van der Waals surface area contributed by atoms with Crippen molar-refractivity contribution in [3.8, 4) is 17.2 Å². The van der Waals surface area contributed by atoms with E-state index < -0.39 is 24.4 Å². The van der Waals surface area contributed by atoms with E-state index in [1.54, 1.807) is 29.8 Å². The Morgan fingerprint density at radius 3 is 2.36 bits per heavy atom. The Bertz CT molecular complexity index is 1300. The lowest BCUT2D eigenvalue weighted by Gasteiger charge is -2.10. The summed E-state index contributed by atoms with van der Waals surface area (Å²) in [6.45, 7) is 2.97. The SMILES string of the molecule is COc1ccc(C(=O)NNC(=O)COC(=O)/C=C/c2c(C)nn(-c3ccc(F)cc3)c2C)cc1OC. The summed E-state index contributed by atoms with van der Waals surface area (Å²) in [7, 11) is 2.90. The van der Waals surface area contributed by atoms with Gasteiger partial charge < -0.3 is 14.2 Å². The summed E-state index contributed by atoms with van der Waals surface area (Å²) in [6.07, 6.45) is 2.69. The fourth-order valence-electron chi connectivity index (χ4n) is 3.28. The minimum absolute atomic E-state index is 0.222. The second kappa shape index (κ2) is 11.6. The number of esters is 1. The lowest BCUT2D eigenvalue weighted by atomic mass is 10.2. The lowest BCUT2D eigenvalue weighted by molar-refractivity contribution is -0.144. The third-order valence-corrected chi connectivity index (χ3v) is 5.11. The van der Waals surface area contributed by atoms with Gasteiger partial charge in [-0.15, -0.1) is 0 Å². The highest BCUT2D eigenvalue weighted by molar-refractivity contribution is 5.96. The van der Waals surface area contributed by atoms with Crippen molar-refractivity contribution < 1.29 is 33.0 Å². The van der Waals surface area contributed by atoms with Crippen molar-refractivity contribution in [3.05, 3.63) is 76.9 Å². The molecule has 188 valence electrons. The summed E-state index contributed by atoms with van der Waals surface area (Å²) in [6, 6.07) is 10.4. The first-order valence-corrected chi connectivity index (χ1v) is 10.7. The number of carbonyl (C=O) groups excluding carboxylic acids is 3. The Morgan fingerprint density at radius 1 is 1.00 bits per heavy atom. The minimum atomic E-state index is -0.760. The highest BCUT2D eigenvalue weighted by Gasteiger charge is 2.14. The molecule has 1 aromatic heterocycles. The second-order valence-corrected chi connectivity index (χ2v) is 7.49. The molecule has 0 unspecified atom stereocenters. The average Bonchev–Trinajstić information content (AvgIpc) is 3.17. The molecule has 11 heteroatoms. The first-order valence-electron chi connectivity index (χ1n) is 10.7. The van der Waals surface area contributed by atoms with E-state index in [0.717, 1.165) is 5.69 Å². The minimum Gasteiger partial charge on any atom is -0.493 e. The Kier molecular flexibility index (Phi) is 8.39. The molecule has 2 N–H and O–H groups in total. The van der Waals surface area contributed by atoms with Crippen LogP contribution in [0, 0.1) is 19.7 Å². The number of nitrogens with zero attached hydrogens (tertiary/aromatic N) is 2. The van der Waals surface area contributed by atoms with Gasteiger partial charge in [0.25, 0.3) is 11.8 Å². The van der Waals surface area contributed by atoms with E-state index in [1.165, 1.54) is 50.6 Å². The maximum atomic E-state index is 13.2. The first-order chi connectivity index (χ1) is 17.2. The number of hydrogen-bond acceptors (Lipinski definition) is 7. The van der Waals surface area contributed by atoms with Gasteiger partial charge in [0.1, 0.15) is 5.82 Å². The molecule has 0 saturated heterocycles. The molecule has 2 aromatic carbocycles. The molecule has 0 saturated carbocycles. The van der Waals surface area contributed by atoms with Crippen LogP contribution in [-0.4, -0.2) is 48.4 Å². The van der Waals surface area contributed by atoms with Crippen molar-refractivity contribution in [3.63, 3.8) is 0 Å². The number of aryl methyl sites for hydroxylation is 1. The van der Waals surface area contributed by atoms with E-state index in [9.17, 15) is 18.8 Å². The number of ether oxygens (including phenoxy) is 3. The van der Waals surface area contributed by atoms with Gasteiger partial charge in [-0.2, -0.15) is 5.10 Å². The zero-order valence-electron chi connectivity index (χ0n) is 20.1. The first kappa shape index (κ1) is 25.9. The van der Waals surface area contributed by atoms with Gasteiger partial charge >= 0.3 is 5.97 Å². The van der Waals surface area contributed by atoms with E-state index in [2.05, 4.69) is 16.0 Å². The Balaban J connectivity index is 1.52. The summed E-state index contributed by atoms with van der Waals surface area (Å²) < 4.78 is 30.0. The predicted octanol–water partition coefficient (Wildman–Crippen LogP) is 2.66. The molecule has 3 rings (SSSR count). The van der Waals surface area contributed by atoms with Crippen molar-refractivity contribution in [1.82, 2.24) is 20.6 Å². The van der Waals surface area contributed by atoms with Crippen molar-refractivity contribution in [2.24, 2.45) is 0 Å². The number of rotatable bonds is 8. The lowest BCUT2D eigenvalue weighted by Crippen LogP contribution is -2.43. The number of aromatic nitrogens is 2. The van der Waals surface area contributed by atoms with Gasteiger partial charge in [0.2, 0.25) is 0 Å². The van der Waals surface area contributed by atoms with Gasteiger partial charge in [-0.25, -0.2) is 13.9 Å². The van der Waals surface area contributed by atoms with Gasteiger partial charge in [0, 0.05) is 22.9 Å². The molecule has 0 aliphatic rings. The van der Waals surface area contributed by atoms with E-state index in [0.29, 0.717) is 28.4 Å². The van der Waals surface area contributed by atoms with E-state index in [4.69, 9.17) is 14.2 Å². The quantitative estimate of drug-likeness (QED) is 0.279. The summed E-state index contributed by atoms with van der Waals surface area (Å²) in [5.41, 5.74) is 7.36. The molecule has 0 bridgehead atoms. The fraction of sp³-hybridized carbons (Fsp3) is 0.200. The van der Waals surface area contributed by atoms with Gasteiger partial charge in [0.05, 0.1) is 25.6 Å². The zero-order valence-corrected chi connectivity index (χ0v) is 20.1. The third kappa shape index (κ3) is 6.26. The van der Waals surface area contributed by atoms with Crippen molar-refractivity contribution >= 4 is 23.9 Å². The number of amides is 2. The molecule has 0 spiro atoms. The molecule has 0 radical (unpaired) electrons. The van der Waals surface area contributed by atoms with Crippen molar-refractivity contribution in [2.45, 2.75) is 13.8 Å². The Labute approximate surface area is 206 Å². The van der Waals surface area contributed by atoms with Gasteiger partial charge in [-0.3, -0.25) is 20.4 Å². The maximum absolute atomic E-state index is 13.2. The molecule has 2 amide bonds. The summed E-state index contributed by atoms with van der Waals surface area (Å²) in [5, 5.41) is 4.42. The van der Waals surface area contributed by atoms with Crippen molar-refractivity contribution in [2.75, 3.05) is 20.8 Å². The molecule has 0 aliphatic carbocycles. The highest BCUT2D eigenvalue weighted by Crippen LogP contribution is 2.27. The Hall–Kier alpha value is -4.67. The number of halogens is 1. The molecule has 3 aromatic rings. The third-order valence-electron chi connectivity index (χ3n) is 5.11.